The number of benzene rings is 10. The fraction of sp³-hybridized carbons (Fsp3) is 0. The number of fused-ring (bicyclic) bond motifs is 11. The summed E-state index contributed by atoms with van der Waals surface area (Å²) in [5.74, 6) is 0. The Labute approximate surface area is 294 Å². The maximum Gasteiger partial charge on any atom is 0.143 e. The summed E-state index contributed by atoms with van der Waals surface area (Å²) in [5, 5.41) is 14.6. The van der Waals surface area contributed by atoms with Gasteiger partial charge >= 0.3 is 0 Å². The van der Waals surface area contributed by atoms with Crippen LogP contribution < -0.4 is 0 Å². The molecule has 1 heteroatoms. The molecule has 0 unspecified atom stereocenters. The summed E-state index contributed by atoms with van der Waals surface area (Å²) in [5.41, 5.74) is 9.18. The van der Waals surface area contributed by atoms with Gasteiger partial charge in [-0.05, 0) is 100 Å². The van der Waals surface area contributed by atoms with Crippen LogP contribution in [0.15, 0.2) is 186 Å². The third-order valence-electron chi connectivity index (χ3n) is 10.8. The van der Waals surface area contributed by atoms with E-state index in [0.717, 1.165) is 27.5 Å². The largest absolute Gasteiger partial charge is 0.455 e. The molecule has 0 N–H and O–H groups in total. The summed E-state index contributed by atoms with van der Waals surface area (Å²) in [6, 6.07) is 66.2. The third kappa shape index (κ3) is 4.16. The van der Waals surface area contributed by atoms with Crippen molar-refractivity contribution in [1.82, 2.24) is 0 Å². The van der Waals surface area contributed by atoms with Gasteiger partial charge in [-0.15, -0.1) is 0 Å². The van der Waals surface area contributed by atoms with Gasteiger partial charge in [0.05, 0.1) is 0 Å². The van der Waals surface area contributed by atoms with Crippen molar-refractivity contribution >= 4 is 75.8 Å². The number of hydrogen-bond acceptors (Lipinski definition) is 1. The molecule has 0 aliphatic carbocycles. The van der Waals surface area contributed by atoms with Gasteiger partial charge in [0.15, 0.2) is 0 Å². The highest BCUT2D eigenvalue weighted by Gasteiger charge is 2.20. The standard InChI is InChI=1S/C50H30O/c1-2-17-35-31(13-1)14-12-26-36(35)32-15-11-16-33(29-32)47-40-21-6-8-23-42(40)48(43-24-9-7-22-41(43)47)34-27-28-45-46(30-34)51-50-44-25-10-4-19-38(44)37-18-3-5-20-39(37)49(45)50/h1-30H. The van der Waals surface area contributed by atoms with Crippen LogP contribution in [0.1, 0.15) is 0 Å². The van der Waals surface area contributed by atoms with E-state index < -0.39 is 0 Å². The van der Waals surface area contributed by atoms with E-state index in [0.29, 0.717) is 0 Å². The van der Waals surface area contributed by atoms with E-state index in [1.165, 1.54) is 81.7 Å². The maximum absolute atomic E-state index is 6.84. The predicted molar refractivity (Wildman–Crippen MR) is 218 cm³/mol. The molecule has 10 aromatic carbocycles. The second kappa shape index (κ2) is 10.9. The van der Waals surface area contributed by atoms with Crippen LogP contribution in [0, 0.1) is 0 Å². The molecule has 0 amide bonds. The molecule has 11 aromatic rings. The molecule has 51 heavy (non-hydrogen) atoms. The Balaban J connectivity index is 1.17. The first kappa shape index (κ1) is 28.2. The molecule has 0 atom stereocenters. The Kier molecular flexibility index (Phi) is 6.02. The molecule has 236 valence electrons. The molecule has 1 aromatic heterocycles. The summed E-state index contributed by atoms with van der Waals surface area (Å²) >= 11 is 0. The van der Waals surface area contributed by atoms with Crippen LogP contribution in [0.25, 0.3) is 109 Å². The predicted octanol–water partition coefficient (Wildman–Crippen LogP) is 14.4. The maximum atomic E-state index is 6.84. The highest BCUT2D eigenvalue weighted by atomic mass is 16.3. The molecular weight excluding hydrogens is 617 g/mol. The van der Waals surface area contributed by atoms with Gasteiger partial charge in [0.1, 0.15) is 11.2 Å². The van der Waals surface area contributed by atoms with E-state index in [-0.39, 0.29) is 0 Å². The lowest BCUT2D eigenvalue weighted by Gasteiger charge is -2.18. The van der Waals surface area contributed by atoms with Gasteiger partial charge in [0.2, 0.25) is 0 Å². The van der Waals surface area contributed by atoms with Gasteiger partial charge in [0.25, 0.3) is 0 Å². The minimum absolute atomic E-state index is 0.907. The molecule has 0 fully saturated rings. The van der Waals surface area contributed by atoms with Crippen molar-refractivity contribution in [2.24, 2.45) is 0 Å². The van der Waals surface area contributed by atoms with Gasteiger partial charge in [-0.1, -0.05) is 164 Å². The zero-order valence-electron chi connectivity index (χ0n) is 27.7. The quantitative estimate of drug-likeness (QED) is 0.138. The van der Waals surface area contributed by atoms with Crippen molar-refractivity contribution in [2.75, 3.05) is 0 Å². The number of rotatable bonds is 3. The summed E-state index contributed by atoms with van der Waals surface area (Å²) in [6.07, 6.45) is 0. The molecule has 0 radical (unpaired) electrons. The SMILES string of the molecule is c1cc(-c2cccc3ccccc23)cc(-c2c3ccccc3c(-c3ccc4c(c3)oc3c5ccccc5c5ccccc5c43)c3ccccc23)c1. The van der Waals surface area contributed by atoms with E-state index in [1.807, 2.05) is 0 Å². The Morgan fingerprint density at radius 2 is 0.784 bits per heavy atom. The van der Waals surface area contributed by atoms with Crippen LogP contribution in [0.5, 0.6) is 0 Å². The second-order valence-corrected chi connectivity index (χ2v) is 13.6. The van der Waals surface area contributed by atoms with Crippen molar-refractivity contribution in [3.63, 3.8) is 0 Å². The minimum Gasteiger partial charge on any atom is -0.455 e. The first-order valence-electron chi connectivity index (χ1n) is 17.6. The van der Waals surface area contributed by atoms with Crippen LogP contribution in [-0.4, -0.2) is 0 Å². The number of furan rings is 1. The van der Waals surface area contributed by atoms with Crippen LogP contribution >= 0.6 is 0 Å². The monoisotopic (exact) mass is 646 g/mol. The van der Waals surface area contributed by atoms with Crippen molar-refractivity contribution < 1.29 is 4.42 Å². The highest BCUT2D eigenvalue weighted by molar-refractivity contribution is 6.30. The molecule has 1 nitrogen and oxygen atoms in total. The third-order valence-corrected chi connectivity index (χ3v) is 10.8. The normalized spacial score (nSPS) is 11.9. The van der Waals surface area contributed by atoms with Crippen molar-refractivity contribution in [1.29, 1.82) is 0 Å². The van der Waals surface area contributed by atoms with Crippen LogP contribution in [0.3, 0.4) is 0 Å². The smallest absolute Gasteiger partial charge is 0.143 e. The molecule has 0 saturated carbocycles. The van der Waals surface area contributed by atoms with Crippen LogP contribution in [0.4, 0.5) is 0 Å². The van der Waals surface area contributed by atoms with E-state index >= 15 is 0 Å². The van der Waals surface area contributed by atoms with Crippen molar-refractivity contribution in [3.8, 4) is 33.4 Å². The average Bonchev–Trinajstić information content (AvgIpc) is 3.59. The molecular formula is C50H30O. The summed E-state index contributed by atoms with van der Waals surface area (Å²) in [4.78, 5) is 0. The lowest BCUT2D eigenvalue weighted by Crippen LogP contribution is -1.91. The van der Waals surface area contributed by atoms with E-state index in [4.69, 9.17) is 4.42 Å². The lowest BCUT2D eigenvalue weighted by atomic mass is 9.85. The Bertz CT molecular complexity index is 3130. The summed E-state index contributed by atoms with van der Waals surface area (Å²) < 4.78 is 6.84. The molecule has 0 bridgehead atoms. The molecule has 0 aliphatic heterocycles. The molecule has 0 saturated heterocycles. The van der Waals surface area contributed by atoms with Gasteiger partial charge < -0.3 is 4.42 Å². The highest BCUT2D eigenvalue weighted by Crippen LogP contribution is 2.47. The fourth-order valence-electron chi connectivity index (χ4n) is 8.63. The minimum atomic E-state index is 0.907. The van der Waals surface area contributed by atoms with E-state index in [1.54, 1.807) is 0 Å². The zero-order valence-corrected chi connectivity index (χ0v) is 27.7. The van der Waals surface area contributed by atoms with Gasteiger partial charge in [-0.2, -0.15) is 0 Å². The first-order valence-corrected chi connectivity index (χ1v) is 17.6. The summed E-state index contributed by atoms with van der Waals surface area (Å²) in [7, 11) is 0. The van der Waals surface area contributed by atoms with Gasteiger partial charge in [0, 0.05) is 16.2 Å². The van der Waals surface area contributed by atoms with Crippen LogP contribution in [0.2, 0.25) is 0 Å². The number of hydrogen-bond donors (Lipinski definition) is 0. The lowest BCUT2D eigenvalue weighted by molar-refractivity contribution is 0.673. The summed E-state index contributed by atoms with van der Waals surface area (Å²) in [6.45, 7) is 0. The topological polar surface area (TPSA) is 13.1 Å². The van der Waals surface area contributed by atoms with E-state index in [2.05, 4.69) is 182 Å². The Hall–Kier alpha value is -6.70. The average molecular weight is 647 g/mol. The fourth-order valence-corrected chi connectivity index (χ4v) is 8.63. The molecule has 11 rings (SSSR count). The van der Waals surface area contributed by atoms with E-state index in [9.17, 15) is 0 Å². The zero-order chi connectivity index (χ0) is 33.5. The van der Waals surface area contributed by atoms with Gasteiger partial charge in [-0.25, -0.2) is 0 Å². The Morgan fingerprint density at radius 3 is 1.47 bits per heavy atom. The molecule has 0 aliphatic rings. The van der Waals surface area contributed by atoms with Crippen molar-refractivity contribution in [2.45, 2.75) is 0 Å². The van der Waals surface area contributed by atoms with Crippen LogP contribution in [-0.2, 0) is 0 Å². The van der Waals surface area contributed by atoms with Crippen molar-refractivity contribution in [3.05, 3.63) is 182 Å². The Morgan fingerprint density at radius 1 is 0.294 bits per heavy atom. The second-order valence-electron chi connectivity index (χ2n) is 13.6. The van der Waals surface area contributed by atoms with Gasteiger partial charge in [-0.3, -0.25) is 0 Å². The molecule has 0 spiro atoms. The first-order chi connectivity index (χ1) is 25.3. The molecule has 1 heterocycles.